The molecular weight excluding hydrogens is 346 g/mol. The quantitative estimate of drug-likeness (QED) is 0.530. The van der Waals surface area contributed by atoms with Crippen molar-refractivity contribution in [3.8, 4) is 5.69 Å². The molecule has 5 nitrogen and oxygen atoms in total. The summed E-state index contributed by atoms with van der Waals surface area (Å²) in [5.41, 5.74) is 3.25. The first-order chi connectivity index (χ1) is 12.7. The topological polar surface area (TPSA) is 54.2 Å². The van der Waals surface area contributed by atoms with Crippen molar-refractivity contribution in [1.29, 1.82) is 0 Å². The minimum Gasteiger partial charge on any atom is -0.352 e. The largest absolute Gasteiger partial charge is 0.352 e. The number of rotatable bonds is 5. The van der Waals surface area contributed by atoms with E-state index in [1.807, 2.05) is 59.5 Å². The number of benzene rings is 2. The lowest BCUT2D eigenvalue weighted by atomic mass is 10.1. The zero-order valence-electron chi connectivity index (χ0n) is 14.9. The van der Waals surface area contributed by atoms with Gasteiger partial charge in [0.2, 0.25) is 0 Å². The van der Waals surface area contributed by atoms with E-state index in [-0.39, 0.29) is 6.04 Å². The Bertz CT molecular complexity index is 855. The molecule has 2 N–H and O–H groups in total. The molecule has 0 aliphatic heterocycles. The van der Waals surface area contributed by atoms with E-state index in [2.05, 4.69) is 39.8 Å². The summed E-state index contributed by atoms with van der Waals surface area (Å²) in [5.74, 6) is 0.751. The van der Waals surface area contributed by atoms with Gasteiger partial charge in [0.1, 0.15) is 0 Å². The Morgan fingerprint density at radius 1 is 1.15 bits per heavy atom. The molecule has 1 atom stereocenters. The van der Waals surface area contributed by atoms with Crippen LogP contribution >= 0.6 is 11.6 Å². The summed E-state index contributed by atoms with van der Waals surface area (Å²) in [4.78, 5) is 4.30. The fraction of sp³-hybridized carbons (Fsp3) is 0.200. The van der Waals surface area contributed by atoms with Gasteiger partial charge < -0.3 is 10.6 Å². The van der Waals surface area contributed by atoms with Crippen LogP contribution in [0.5, 0.6) is 0 Å². The molecule has 3 aromatic rings. The number of aliphatic imine (C=N–C) groups is 1. The highest BCUT2D eigenvalue weighted by molar-refractivity contribution is 6.30. The summed E-state index contributed by atoms with van der Waals surface area (Å²) in [6.07, 6.45) is 3.83. The number of hydrogen-bond donors (Lipinski definition) is 2. The van der Waals surface area contributed by atoms with Crippen molar-refractivity contribution in [2.24, 2.45) is 4.99 Å². The first-order valence-electron chi connectivity index (χ1n) is 8.47. The van der Waals surface area contributed by atoms with Crippen LogP contribution in [0.25, 0.3) is 5.69 Å². The Morgan fingerprint density at radius 2 is 1.88 bits per heavy atom. The highest BCUT2D eigenvalue weighted by atomic mass is 35.5. The second kappa shape index (κ2) is 8.54. The van der Waals surface area contributed by atoms with Crippen LogP contribution in [-0.2, 0) is 6.54 Å². The summed E-state index contributed by atoms with van der Waals surface area (Å²) in [6.45, 7) is 2.75. The minimum absolute atomic E-state index is 0.166. The molecule has 0 spiro atoms. The molecular formula is C20H22ClN5. The van der Waals surface area contributed by atoms with Crippen LogP contribution in [0.3, 0.4) is 0 Å². The first kappa shape index (κ1) is 18.0. The number of nitrogens with one attached hydrogen (secondary N) is 2. The predicted molar refractivity (Wildman–Crippen MR) is 107 cm³/mol. The van der Waals surface area contributed by atoms with Crippen molar-refractivity contribution >= 4 is 17.6 Å². The molecule has 1 unspecified atom stereocenters. The smallest absolute Gasteiger partial charge is 0.191 e. The second-order valence-electron chi connectivity index (χ2n) is 5.97. The number of aromatic nitrogens is 2. The second-order valence-corrected chi connectivity index (χ2v) is 6.41. The van der Waals surface area contributed by atoms with Gasteiger partial charge in [-0.15, -0.1) is 0 Å². The molecule has 134 valence electrons. The van der Waals surface area contributed by atoms with Gasteiger partial charge in [-0.05, 0) is 36.8 Å². The Morgan fingerprint density at radius 3 is 2.58 bits per heavy atom. The van der Waals surface area contributed by atoms with Gasteiger partial charge >= 0.3 is 0 Å². The summed E-state index contributed by atoms with van der Waals surface area (Å²) >= 11 is 5.93. The Labute approximate surface area is 158 Å². The minimum atomic E-state index is 0.166. The molecule has 0 bridgehead atoms. The van der Waals surface area contributed by atoms with Gasteiger partial charge in [0.05, 0.1) is 17.9 Å². The molecule has 6 heteroatoms. The molecule has 26 heavy (non-hydrogen) atoms. The van der Waals surface area contributed by atoms with Crippen LogP contribution in [0.4, 0.5) is 0 Å². The predicted octanol–water partition coefficient (Wildman–Crippen LogP) is 3.95. The Balaban J connectivity index is 1.58. The lowest BCUT2D eigenvalue weighted by Gasteiger charge is -2.18. The summed E-state index contributed by atoms with van der Waals surface area (Å²) in [5, 5.41) is 11.8. The summed E-state index contributed by atoms with van der Waals surface area (Å²) in [6, 6.07) is 18.0. The normalized spacial score (nSPS) is 12.7. The van der Waals surface area contributed by atoms with Gasteiger partial charge in [-0.2, -0.15) is 5.10 Å². The zero-order chi connectivity index (χ0) is 18.4. The van der Waals surface area contributed by atoms with Gasteiger partial charge in [-0.25, -0.2) is 4.68 Å². The van der Waals surface area contributed by atoms with E-state index in [0.717, 1.165) is 17.2 Å². The summed E-state index contributed by atoms with van der Waals surface area (Å²) in [7, 11) is 1.77. The van der Waals surface area contributed by atoms with E-state index in [4.69, 9.17) is 11.6 Å². The van der Waals surface area contributed by atoms with Crippen LogP contribution < -0.4 is 10.6 Å². The van der Waals surface area contributed by atoms with Crippen molar-refractivity contribution in [3.05, 3.63) is 83.1 Å². The number of guanidine groups is 1. The van der Waals surface area contributed by atoms with Gasteiger partial charge in [0.25, 0.3) is 0 Å². The lowest BCUT2D eigenvalue weighted by Crippen LogP contribution is -2.38. The monoisotopic (exact) mass is 367 g/mol. The van der Waals surface area contributed by atoms with E-state index in [0.29, 0.717) is 11.6 Å². The molecule has 1 aromatic heterocycles. The number of nitrogens with zero attached hydrogens (tertiary/aromatic N) is 3. The van der Waals surface area contributed by atoms with Crippen LogP contribution in [0, 0.1) is 0 Å². The van der Waals surface area contributed by atoms with Gasteiger partial charge in [0, 0.05) is 30.4 Å². The molecule has 0 saturated heterocycles. The van der Waals surface area contributed by atoms with Crippen molar-refractivity contribution in [2.45, 2.75) is 19.5 Å². The maximum atomic E-state index is 5.93. The third-order valence-electron chi connectivity index (χ3n) is 4.06. The van der Waals surface area contributed by atoms with E-state index in [9.17, 15) is 0 Å². The van der Waals surface area contributed by atoms with Crippen LogP contribution in [0.1, 0.15) is 24.1 Å². The number of halogens is 1. The third-order valence-corrected chi connectivity index (χ3v) is 4.32. The van der Waals surface area contributed by atoms with Gasteiger partial charge in [0.15, 0.2) is 5.96 Å². The molecule has 2 aromatic carbocycles. The maximum Gasteiger partial charge on any atom is 0.191 e. The van der Waals surface area contributed by atoms with E-state index in [1.165, 1.54) is 5.56 Å². The molecule has 0 fully saturated rings. The van der Waals surface area contributed by atoms with Crippen molar-refractivity contribution in [2.75, 3.05) is 7.05 Å². The third kappa shape index (κ3) is 4.64. The van der Waals surface area contributed by atoms with Crippen LogP contribution in [0.15, 0.2) is 72.0 Å². The van der Waals surface area contributed by atoms with Crippen molar-refractivity contribution < 1.29 is 0 Å². The van der Waals surface area contributed by atoms with Crippen molar-refractivity contribution in [1.82, 2.24) is 20.4 Å². The lowest BCUT2D eigenvalue weighted by molar-refractivity contribution is 0.685. The van der Waals surface area contributed by atoms with E-state index in [1.54, 1.807) is 7.05 Å². The average Bonchev–Trinajstić information content (AvgIpc) is 3.15. The fourth-order valence-corrected chi connectivity index (χ4v) is 2.72. The standard InChI is InChI=1S/C20H22ClN5/c1-15(17-6-4-3-5-7-17)25-20(22-2)23-12-16-13-24-26(14-16)19-10-8-18(21)9-11-19/h3-11,13-15H,12H2,1-2H3,(H2,22,23,25). The van der Waals surface area contributed by atoms with Crippen LogP contribution in [0.2, 0.25) is 5.02 Å². The molecule has 0 radical (unpaired) electrons. The van der Waals surface area contributed by atoms with Crippen LogP contribution in [-0.4, -0.2) is 22.8 Å². The highest BCUT2D eigenvalue weighted by Crippen LogP contribution is 2.14. The molecule has 0 aliphatic rings. The molecule has 3 rings (SSSR count). The molecule has 0 aliphatic carbocycles. The average molecular weight is 368 g/mol. The maximum absolute atomic E-state index is 5.93. The molecule has 1 heterocycles. The molecule has 0 saturated carbocycles. The number of hydrogen-bond acceptors (Lipinski definition) is 2. The highest BCUT2D eigenvalue weighted by Gasteiger charge is 2.08. The van der Waals surface area contributed by atoms with E-state index < -0.39 is 0 Å². The molecule has 0 amide bonds. The Kier molecular flexibility index (Phi) is 5.92. The fourth-order valence-electron chi connectivity index (χ4n) is 2.60. The summed E-state index contributed by atoms with van der Waals surface area (Å²) < 4.78 is 1.83. The zero-order valence-corrected chi connectivity index (χ0v) is 15.6. The Hall–Kier alpha value is -2.79. The van der Waals surface area contributed by atoms with Gasteiger partial charge in [-0.1, -0.05) is 41.9 Å². The SMILES string of the molecule is CN=C(NCc1cnn(-c2ccc(Cl)cc2)c1)NC(C)c1ccccc1. The van der Waals surface area contributed by atoms with Crippen molar-refractivity contribution in [3.63, 3.8) is 0 Å². The first-order valence-corrected chi connectivity index (χ1v) is 8.85. The van der Waals surface area contributed by atoms with Gasteiger partial charge in [-0.3, -0.25) is 4.99 Å². The van der Waals surface area contributed by atoms with E-state index >= 15 is 0 Å².